The number of halogens is 2. The Morgan fingerprint density at radius 1 is 1.00 bits per heavy atom. The molecule has 30 heavy (non-hydrogen) atoms. The summed E-state index contributed by atoms with van der Waals surface area (Å²) in [4.78, 5) is 28.6. The summed E-state index contributed by atoms with van der Waals surface area (Å²) in [5, 5.41) is 4.46. The van der Waals surface area contributed by atoms with Gasteiger partial charge in [-0.1, -0.05) is 41.0 Å². The molecule has 0 atom stereocenters. The lowest BCUT2D eigenvalue weighted by Gasteiger charge is -2.34. The number of amides is 2. The van der Waals surface area contributed by atoms with Crippen LogP contribution >= 0.6 is 11.6 Å². The van der Waals surface area contributed by atoms with E-state index in [-0.39, 0.29) is 29.7 Å². The Bertz CT molecular complexity index is 1060. The summed E-state index contributed by atoms with van der Waals surface area (Å²) in [6.45, 7) is 1.69. The number of aromatic nitrogens is 1. The van der Waals surface area contributed by atoms with Crippen molar-refractivity contribution in [3.8, 4) is 11.3 Å². The lowest BCUT2D eigenvalue weighted by atomic mass is 10.1. The van der Waals surface area contributed by atoms with Gasteiger partial charge in [0.2, 0.25) is 5.91 Å². The van der Waals surface area contributed by atoms with Gasteiger partial charge in [-0.15, -0.1) is 0 Å². The molecule has 2 amide bonds. The SMILES string of the molecule is O=C(Cc1ccc(F)cc1)N1CCN(C(=O)c2cc(-c3cccc(Cl)c3)on2)CC1. The maximum absolute atomic E-state index is 13.0. The molecule has 0 N–H and O–H groups in total. The minimum Gasteiger partial charge on any atom is -0.355 e. The molecule has 1 saturated heterocycles. The van der Waals surface area contributed by atoms with Gasteiger partial charge in [0.1, 0.15) is 5.82 Å². The summed E-state index contributed by atoms with van der Waals surface area (Å²) in [6, 6.07) is 14.6. The second-order valence-electron chi connectivity index (χ2n) is 7.06. The first-order chi connectivity index (χ1) is 14.5. The molecule has 0 saturated carbocycles. The van der Waals surface area contributed by atoms with Crippen molar-refractivity contribution in [2.24, 2.45) is 0 Å². The average Bonchev–Trinajstić information content (AvgIpc) is 3.25. The second-order valence-corrected chi connectivity index (χ2v) is 7.50. The highest BCUT2D eigenvalue weighted by atomic mass is 35.5. The monoisotopic (exact) mass is 427 g/mol. The molecule has 1 aromatic heterocycles. The van der Waals surface area contributed by atoms with Crippen LogP contribution in [0.4, 0.5) is 4.39 Å². The van der Waals surface area contributed by atoms with E-state index in [0.29, 0.717) is 37.0 Å². The van der Waals surface area contributed by atoms with Crippen molar-refractivity contribution in [2.45, 2.75) is 6.42 Å². The molecule has 154 valence electrons. The molecule has 8 heteroatoms. The minimum absolute atomic E-state index is 0.0432. The highest BCUT2D eigenvalue weighted by Gasteiger charge is 2.26. The third kappa shape index (κ3) is 4.52. The van der Waals surface area contributed by atoms with E-state index in [1.807, 2.05) is 6.07 Å². The molecule has 1 fully saturated rings. The van der Waals surface area contributed by atoms with Crippen molar-refractivity contribution in [3.05, 3.63) is 76.7 Å². The lowest BCUT2D eigenvalue weighted by molar-refractivity contribution is -0.131. The Morgan fingerprint density at radius 3 is 2.40 bits per heavy atom. The summed E-state index contributed by atoms with van der Waals surface area (Å²) >= 11 is 6.00. The number of rotatable bonds is 4. The van der Waals surface area contributed by atoms with Crippen LogP contribution in [0.3, 0.4) is 0 Å². The quantitative estimate of drug-likeness (QED) is 0.637. The van der Waals surface area contributed by atoms with Crippen molar-refractivity contribution in [2.75, 3.05) is 26.2 Å². The Morgan fingerprint density at radius 2 is 1.70 bits per heavy atom. The topological polar surface area (TPSA) is 66.7 Å². The molecule has 2 heterocycles. The van der Waals surface area contributed by atoms with Gasteiger partial charge in [-0.25, -0.2) is 4.39 Å². The zero-order chi connectivity index (χ0) is 21.1. The summed E-state index contributed by atoms with van der Waals surface area (Å²) in [5.41, 5.74) is 1.72. The summed E-state index contributed by atoms with van der Waals surface area (Å²) in [5.74, 6) is -0.144. The van der Waals surface area contributed by atoms with E-state index in [1.54, 1.807) is 46.2 Å². The van der Waals surface area contributed by atoms with Crippen LogP contribution < -0.4 is 0 Å². The predicted octanol–water partition coefficient (Wildman–Crippen LogP) is 3.66. The fraction of sp³-hybridized carbons (Fsp3) is 0.227. The average molecular weight is 428 g/mol. The van der Waals surface area contributed by atoms with Crippen LogP contribution in [0.1, 0.15) is 16.1 Å². The second kappa shape index (κ2) is 8.67. The summed E-state index contributed by atoms with van der Waals surface area (Å²) in [6.07, 6.45) is 0.209. The molecular weight excluding hydrogens is 409 g/mol. The molecule has 0 spiro atoms. The number of carbonyl (C=O) groups is 2. The zero-order valence-corrected chi connectivity index (χ0v) is 16.8. The normalized spacial score (nSPS) is 14.1. The Hall–Kier alpha value is -3.19. The number of carbonyl (C=O) groups excluding carboxylic acids is 2. The molecule has 1 aliphatic heterocycles. The first kappa shape index (κ1) is 20.1. The van der Waals surface area contributed by atoms with Gasteiger partial charge in [0.25, 0.3) is 5.91 Å². The summed E-state index contributed by atoms with van der Waals surface area (Å²) < 4.78 is 18.3. The standard InChI is InChI=1S/C22H19ClFN3O3/c23-17-3-1-2-16(13-17)20-14-19(25-30-20)22(29)27-10-8-26(9-11-27)21(28)12-15-4-6-18(24)7-5-15/h1-7,13-14H,8-12H2. The molecule has 4 rings (SSSR count). The smallest absolute Gasteiger partial charge is 0.276 e. The van der Waals surface area contributed by atoms with Crippen molar-refractivity contribution in [1.29, 1.82) is 0 Å². The molecule has 0 bridgehead atoms. The molecule has 3 aromatic rings. The minimum atomic E-state index is -0.329. The van der Waals surface area contributed by atoms with E-state index < -0.39 is 0 Å². The van der Waals surface area contributed by atoms with Gasteiger partial charge in [0, 0.05) is 42.8 Å². The number of nitrogens with zero attached hydrogens (tertiary/aromatic N) is 3. The highest BCUT2D eigenvalue weighted by Crippen LogP contribution is 2.24. The van der Waals surface area contributed by atoms with E-state index in [0.717, 1.165) is 11.1 Å². The zero-order valence-electron chi connectivity index (χ0n) is 16.1. The Balaban J connectivity index is 1.34. The van der Waals surface area contributed by atoms with Gasteiger partial charge in [0.15, 0.2) is 11.5 Å². The van der Waals surface area contributed by atoms with Crippen LogP contribution in [0.25, 0.3) is 11.3 Å². The van der Waals surface area contributed by atoms with E-state index in [4.69, 9.17) is 16.1 Å². The van der Waals surface area contributed by atoms with Gasteiger partial charge in [-0.2, -0.15) is 0 Å². The maximum atomic E-state index is 13.0. The molecule has 0 radical (unpaired) electrons. The largest absolute Gasteiger partial charge is 0.355 e. The molecule has 6 nitrogen and oxygen atoms in total. The number of hydrogen-bond donors (Lipinski definition) is 0. The van der Waals surface area contributed by atoms with Crippen molar-refractivity contribution < 1.29 is 18.5 Å². The van der Waals surface area contributed by atoms with Gasteiger partial charge >= 0.3 is 0 Å². The van der Waals surface area contributed by atoms with Crippen LogP contribution in [0.2, 0.25) is 5.02 Å². The Labute approximate surface area is 177 Å². The van der Waals surface area contributed by atoms with E-state index in [1.165, 1.54) is 12.1 Å². The van der Waals surface area contributed by atoms with Crippen molar-refractivity contribution in [3.63, 3.8) is 0 Å². The molecule has 0 unspecified atom stereocenters. The van der Waals surface area contributed by atoms with Crippen molar-refractivity contribution in [1.82, 2.24) is 15.0 Å². The fourth-order valence-electron chi connectivity index (χ4n) is 3.36. The highest BCUT2D eigenvalue weighted by molar-refractivity contribution is 6.30. The van der Waals surface area contributed by atoms with E-state index >= 15 is 0 Å². The number of hydrogen-bond acceptors (Lipinski definition) is 4. The van der Waals surface area contributed by atoms with E-state index in [9.17, 15) is 14.0 Å². The predicted molar refractivity (Wildman–Crippen MR) is 110 cm³/mol. The molecular formula is C22H19ClFN3O3. The van der Waals surface area contributed by atoms with Gasteiger partial charge < -0.3 is 14.3 Å². The first-order valence-electron chi connectivity index (χ1n) is 9.54. The van der Waals surface area contributed by atoms with Crippen LogP contribution in [0, 0.1) is 5.82 Å². The van der Waals surface area contributed by atoms with Gasteiger partial charge in [-0.3, -0.25) is 9.59 Å². The molecule has 0 aliphatic carbocycles. The Kier molecular flexibility index (Phi) is 5.81. The van der Waals surface area contributed by atoms with Gasteiger partial charge in [0.05, 0.1) is 6.42 Å². The third-order valence-electron chi connectivity index (χ3n) is 5.03. The first-order valence-corrected chi connectivity index (χ1v) is 9.91. The van der Waals surface area contributed by atoms with Crippen LogP contribution in [-0.4, -0.2) is 52.9 Å². The summed E-state index contributed by atoms with van der Waals surface area (Å²) in [7, 11) is 0. The van der Waals surface area contributed by atoms with Crippen molar-refractivity contribution >= 4 is 23.4 Å². The van der Waals surface area contributed by atoms with Crippen LogP contribution in [-0.2, 0) is 11.2 Å². The van der Waals surface area contributed by atoms with E-state index in [2.05, 4.69) is 5.16 Å². The van der Waals surface area contributed by atoms with Crippen LogP contribution in [0.5, 0.6) is 0 Å². The number of piperazine rings is 1. The maximum Gasteiger partial charge on any atom is 0.276 e. The molecule has 2 aromatic carbocycles. The lowest BCUT2D eigenvalue weighted by Crippen LogP contribution is -2.51. The fourth-order valence-corrected chi connectivity index (χ4v) is 3.55. The third-order valence-corrected chi connectivity index (χ3v) is 5.26. The van der Waals surface area contributed by atoms with Crippen LogP contribution in [0.15, 0.2) is 59.1 Å². The number of benzene rings is 2. The molecule has 1 aliphatic rings. The van der Waals surface area contributed by atoms with Gasteiger partial charge in [-0.05, 0) is 29.8 Å².